The number of aryl methyl sites for hydroxylation is 2. The molecule has 0 amide bonds. The Kier molecular flexibility index (Phi) is 2.83. The van der Waals surface area contributed by atoms with Crippen LogP contribution in [-0.2, 0) is 13.1 Å². The third-order valence-electron chi connectivity index (χ3n) is 4.60. The lowest BCUT2D eigenvalue weighted by Gasteiger charge is -2.45. The smallest absolute Gasteiger partial charge is 0.101 e. The molecule has 4 rings (SSSR count). The molecule has 0 fully saturated rings. The Balaban J connectivity index is 1.91. The fourth-order valence-corrected chi connectivity index (χ4v) is 3.88. The molecule has 2 bridgehead atoms. The van der Waals surface area contributed by atoms with Crippen LogP contribution in [0.2, 0.25) is 0 Å². The first-order chi connectivity index (χ1) is 11.1. The predicted molar refractivity (Wildman–Crippen MR) is 89.0 cm³/mol. The zero-order chi connectivity index (χ0) is 16.1. The minimum absolute atomic E-state index is 0.732. The summed E-state index contributed by atoms with van der Waals surface area (Å²) in [6.45, 7) is 6.26. The van der Waals surface area contributed by atoms with Crippen molar-refractivity contribution in [2.75, 3.05) is 16.5 Å². The van der Waals surface area contributed by atoms with Gasteiger partial charge in [-0.3, -0.25) is 0 Å². The van der Waals surface area contributed by atoms with Gasteiger partial charge < -0.3 is 9.80 Å². The van der Waals surface area contributed by atoms with Crippen molar-refractivity contribution in [2.45, 2.75) is 26.9 Å². The van der Waals surface area contributed by atoms with Gasteiger partial charge in [-0.1, -0.05) is 12.1 Å². The average molecular weight is 300 g/mol. The molecule has 0 radical (unpaired) electrons. The summed E-state index contributed by atoms with van der Waals surface area (Å²) in [4.78, 5) is 4.50. The molecule has 0 aliphatic carbocycles. The zero-order valence-electron chi connectivity index (χ0n) is 13.2. The highest BCUT2D eigenvalue weighted by Gasteiger charge is 2.32. The Morgan fingerprint density at radius 1 is 0.783 bits per heavy atom. The third-order valence-corrected chi connectivity index (χ3v) is 4.60. The van der Waals surface area contributed by atoms with Crippen molar-refractivity contribution in [2.24, 2.45) is 0 Å². The van der Waals surface area contributed by atoms with Gasteiger partial charge in [-0.05, 0) is 48.2 Å². The number of nitriles is 2. The van der Waals surface area contributed by atoms with E-state index in [-0.39, 0.29) is 0 Å². The molecule has 112 valence electrons. The van der Waals surface area contributed by atoms with E-state index in [2.05, 4.69) is 34.1 Å². The zero-order valence-corrected chi connectivity index (χ0v) is 13.2. The van der Waals surface area contributed by atoms with Crippen molar-refractivity contribution in [1.82, 2.24) is 0 Å². The molecule has 23 heavy (non-hydrogen) atoms. The molecule has 0 atom stereocenters. The summed E-state index contributed by atoms with van der Waals surface area (Å²) in [6.07, 6.45) is 0. The van der Waals surface area contributed by atoms with Gasteiger partial charge in [-0.25, -0.2) is 0 Å². The number of hydrogen-bond donors (Lipinski definition) is 0. The highest BCUT2D eigenvalue weighted by atomic mass is 15.4. The van der Waals surface area contributed by atoms with Crippen LogP contribution in [0.5, 0.6) is 0 Å². The van der Waals surface area contributed by atoms with Crippen LogP contribution in [0.15, 0.2) is 24.3 Å². The van der Waals surface area contributed by atoms with E-state index >= 15 is 0 Å². The van der Waals surface area contributed by atoms with Gasteiger partial charge in [-0.15, -0.1) is 0 Å². The van der Waals surface area contributed by atoms with E-state index in [0.717, 1.165) is 53.4 Å². The first-order valence-electron chi connectivity index (χ1n) is 7.68. The lowest BCUT2D eigenvalue weighted by Crippen LogP contribution is -2.47. The maximum Gasteiger partial charge on any atom is 0.101 e. The number of rotatable bonds is 0. The Labute approximate surface area is 135 Å². The summed E-state index contributed by atoms with van der Waals surface area (Å²) in [5.74, 6) is 0. The molecule has 0 unspecified atom stereocenters. The van der Waals surface area contributed by atoms with Crippen molar-refractivity contribution in [3.05, 3.63) is 57.6 Å². The average Bonchev–Trinajstić information content (AvgIpc) is 2.52. The van der Waals surface area contributed by atoms with Crippen LogP contribution in [0.3, 0.4) is 0 Å². The molecule has 4 nitrogen and oxygen atoms in total. The van der Waals surface area contributed by atoms with Crippen LogP contribution in [0.25, 0.3) is 0 Å². The molecule has 0 saturated heterocycles. The summed E-state index contributed by atoms with van der Waals surface area (Å²) in [5.41, 5.74) is 8.15. The number of fused-ring (bicyclic) bond motifs is 6. The van der Waals surface area contributed by atoms with E-state index in [1.165, 1.54) is 11.1 Å². The second-order valence-corrected chi connectivity index (χ2v) is 6.40. The van der Waals surface area contributed by atoms with Crippen LogP contribution in [-0.4, -0.2) is 6.67 Å². The molecular weight excluding hydrogens is 284 g/mol. The van der Waals surface area contributed by atoms with E-state index in [1.807, 2.05) is 26.0 Å². The van der Waals surface area contributed by atoms with Crippen molar-refractivity contribution < 1.29 is 0 Å². The molecule has 0 saturated carbocycles. The van der Waals surface area contributed by atoms with E-state index < -0.39 is 0 Å². The Morgan fingerprint density at radius 3 is 1.61 bits per heavy atom. The normalized spacial score (nSPS) is 14.6. The van der Waals surface area contributed by atoms with Gasteiger partial charge in [0.25, 0.3) is 0 Å². The molecule has 4 heteroatoms. The molecule has 2 aliphatic rings. The Morgan fingerprint density at radius 2 is 1.22 bits per heavy atom. The summed E-state index contributed by atoms with van der Waals surface area (Å²) < 4.78 is 0. The Bertz CT molecular complexity index is 839. The van der Waals surface area contributed by atoms with Gasteiger partial charge >= 0.3 is 0 Å². The maximum atomic E-state index is 9.50. The van der Waals surface area contributed by atoms with E-state index in [9.17, 15) is 10.5 Å². The quantitative estimate of drug-likeness (QED) is 0.748. The predicted octanol–water partition coefficient (Wildman–Crippen LogP) is 3.34. The molecule has 2 aliphatic heterocycles. The molecule has 0 N–H and O–H groups in total. The minimum atomic E-state index is 0.732. The summed E-state index contributed by atoms with van der Waals surface area (Å²) in [6, 6.07) is 12.9. The van der Waals surface area contributed by atoms with Gasteiger partial charge in [0, 0.05) is 13.1 Å². The first-order valence-corrected chi connectivity index (χ1v) is 7.68. The third kappa shape index (κ3) is 1.96. The monoisotopic (exact) mass is 300 g/mol. The second kappa shape index (κ2) is 4.76. The van der Waals surface area contributed by atoms with Gasteiger partial charge in [0.2, 0.25) is 0 Å². The largest absolute Gasteiger partial charge is 0.348 e. The van der Waals surface area contributed by atoms with Gasteiger partial charge in [0.15, 0.2) is 0 Å². The lowest BCUT2D eigenvalue weighted by atomic mass is 9.94. The van der Waals surface area contributed by atoms with Crippen LogP contribution < -0.4 is 9.80 Å². The molecule has 0 spiro atoms. The van der Waals surface area contributed by atoms with Crippen LogP contribution in [0.4, 0.5) is 11.4 Å². The van der Waals surface area contributed by atoms with Crippen LogP contribution in [0.1, 0.15) is 33.4 Å². The van der Waals surface area contributed by atoms with Gasteiger partial charge in [0.1, 0.15) is 12.1 Å². The fourth-order valence-electron chi connectivity index (χ4n) is 3.88. The molecule has 2 aromatic carbocycles. The molecular formula is C19H16N4. The lowest BCUT2D eigenvalue weighted by molar-refractivity contribution is 0.648. The number of nitrogens with zero attached hydrogens (tertiary/aromatic N) is 4. The van der Waals surface area contributed by atoms with Crippen LogP contribution in [0, 0.1) is 36.5 Å². The fraction of sp³-hybridized carbons (Fsp3) is 0.263. The number of anilines is 2. The summed E-state index contributed by atoms with van der Waals surface area (Å²) in [7, 11) is 0. The SMILES string of the molecule is Cc1cc(C#N)c2c(c1)CN1CN2Cc2cc(C)cc(C#N)c21. The first kappa shape index (κ1) is 13.7. The van der Waals surface area contributed by atoms with E-state index in [4.69, 9.17) is 0 Å². The maximum absolute atomic E-state index is 9.50. The number of hydrogen-bond acceptors (Lipinski definition) is 4. The minimum Gasteiger partial charge on any atom is -0.348 e. The van der Waals surface area contributed by atoms with Crippen molar-refractivity contribution in [1.29, 1.82) is 10.5 Å². The van der Waals surface area contributed by atoms with Crippen molar-refractivity contribution in [3.63, 3.8) is 0 Å². The Hall–Kier alpha value is -2.98. The molecule has 2 heterocycles. The molecule has 0 aromatic heterocycles. The topological polar surface area (TPSA) is 54.1 Å². The second-order valence-electron chi connectivity index (χ2n) is 6.40. The summed E-state index contributed by atoms with van der Waals surface area (Å²) >= 11 is 0. The molecule has 2 aromatic rings. The van der Waals surface area contributed by atoms with Gasteiger partial charge in [-0.2, -0.15) is 10.5 Å². The summed E-state index contributed by atoms with van der Waals surface area (Å²) in [5, 5.41) is 19.0. The van der Waals surface area contributed by atoms with Gasteiger partial charge in [0.05, 0.1) is 29.2 Å². The highest BCUT2D eigenvalue weighted by molar-refractivity contribution is 5.76. The van der Waals surface area contributed by atoms with Crippen molar-refractivity contribution in [3.8, 4) is 12.1 Å². The highest BCUT2D eigenvalue weighted by Crippen LogP contribution is 2.41. The standard InChI is InChI=1S/C19H16N4/c1-12-3-14(7-20)18-16(5-12)9-22-11-23(18)10-17-6-13(2)4-15(8-21)19(17)22/h3-6H,9-11H2,1-2H3. The van der Waals surface area contributed by atoms with Crippen LogP contribution >= 0.6 is 0 Å². The number of benzene rings is 2. The van der Waals surface area contributed by atoms with E-state index in [0.29, 0.717) is 0 Å². The van der Waals surface area contributed by atoms with E-state index in [1.54, 1.807) is 0 Å². The van der Waals surface area contributed by atoms with Crippen molar-refractivity contribution >= 4 is 11.4 Å².